The molecule has 0 aliphatic carbocycles. The molecule has 0 saturated carbocycles. The van der Waals surface area contributed by atoms with Crippen molar-refractivity contribution < 1.29 is 33.5 Å². The van der Waals surface area contributed by atoms with Crippen LogP contribution in [-0.2, 0) is 33.5 Å². The minimum Gasteiger partial charge on any atom is -0.457 e. The summed E-state index contributed by atoms with van der Waals surface area (Å²) in [6.07, 6.45) is 2.21. The number of hydrogen-bond acceptors (Lipinski definition) is 12. The van der Waals surface area contributed by atoms with Crippen LogP contribution in [0.15, 0.2) is 84.7 Å². The summed E-state index contributed by atoms with van der Waals surface area (Å²) < 4.78 is 19.3. The fourth-order valence-electron chi connectivity index (χ4n) is 4.94. The Morgan fingerprint density at radius 1 is 1.13 bits per heavy atom. The molecule has 2 saturated heterocycles. The Balaban J connectivity index is 1.25. The number of benzene rings is 2. The monoisotopic (exact) mass is 663 g/mol. The van der Waals surface area contributed by atoms with Crippen molar-refractivity contribution in [1.82, 2.24) is 19.0 Å². The van der Waals surface area contributed by atoms with Gasteiger partial charge in [0.15, 0.2) is 11.8 Å². The van der Waals surface area contributed by atoms with Gasteiger partial charge >= 0.3 is 11.9 Å². The van der Waals surface area contributed by atoms with E-state index in [4.69, 9.17) is 14.3 Å². The van der Waals surface area contributed by atoms with E-state index in [0.29, 0.717) is 0 Å². The molecule has 2 amide bonds. The van der Waals surface area contributed by atoms with Gasteiger partial charge in [0.25, 0.3) is 5.91 Å². The number of carbonyl (C=O) groups excluding carboxylic acids is 4. The van der Waals surface area contributed by atoms with Crippen LogP contribution in [0.4, 0.5) is 0 Å². The molecule has 3 atom stereocenters. The summed E-state index contributed by atoms with van der Waals surface area (Å²) in [5, 5.41) is 6.08. The number of rotatable bonds is 11. The lowest BCUT2D eigenvalue weighted by Gasteiger charge is -2.53. The molecule has 46 heavy (non-hydrogen) atoms. The summed E-state index contributed by atoms with van der Waals surface area (Å²) in [6, 6.07) is 18.0. The van der Waals surface area contributed by atoms with Crippen molar-refractivity contribution in [3.63, 3.8) is 0 Å². The van der Waals surface area contributed by atoms with E-state index in [1.165, 1.54) is 28.9 Å². The highest BCUT2D eigenvalue weighted by Crippen LogP contribution is 2.44. The van der Waals surface area contributed by atoms with Crippen LogP contribution < -0.4 is 5.32 Å². The first-order valence-electron chi connectivity index (χ1n) is 14.4. The number of aromatic nitrogens is 2. The van der Waals surface area contributed by atoms with Crippen LogP contribution in [0, 0.1) is 5.41 Å². The summed E-state index contributed by atoms with van der Waals surface area (Å²) in [5.41, 5.74) is -0.390. The third-order valence-corrected chi connectivity index (χ3v) is 9.22. The largest absolute Gasteiger partial charge is 0.457 e. The molecule has 0 radical (unpaired) electrons. The van der Waals surface area contributed by atoms with E-state index in [9.17, 15) is 19.2 Å². The van der Waals surface area contributed by atoms with E-state index in [-0.39, 0.29) is 29.6 Å². The van der Waals surface area contributed by atoms with Gasteiger partial charge in [-0.2, -0.15) is 8.75 Å². The fourth-order valence-corrected chi connectivity index (χ4v) is 6.88. The molecule has 2 aliphatic rings. The molecule has 3 aromatic rings. The number of ether oxygens (including phenoxy) is 2. The van der Waals surface area contributed by atoms with Crippen LogP contribution in [0.5, 0.6) is 0 Å². The molecule has 3 heterocycles. The highest BCUT2D eigenvalue weighted by atomic mass is 32.2. The number of fused-ring (bicyclic) bond motifs is 1. The number of hydrogen-bond donors (Lipinski definition) is 1. The first kappa shape index (κ1) is 32.8. The molecule has 1 aromatic heterocycles. The second-order valence-electron chi connectivity index (χ2n) is 11.7. The number of nitrogens with zero attached hydrogens (tertiary/aromatic N) is 4. The van der Waals surface area contributed by atoms with Crippen molar-refractivity contribution in [3.8, 4) is 0 Å². The molecule has 2 aromatic carbocycles. The standard InChI is InChI=1S/C32H33N5O7S2/c1-5-32(30(41)43-26(20-12-8-6-9-13-20)21-14-10-7-11-15-21)18-37-28(40)25(29(37)45-19-32)34-27(39)24(22-16-33-46-36-22)35-42-17-23(38)44-31(2,3)4/h5-16,25-26,29H,1,17-19H2,2-4H3,(H,34,39)/t25?,29-,32?/m1/s1. The highest BCUT2D eigenvalue weighted by molar-refractivity contribution is 8.00. The number of esters is 2. The topological polar surface area (TPSA) is 149 Å². The van der Waals surface area contributed by atoms with Crippen molar-refractivity contribution in [1.29, 1.82) is 0 Å². The van der Waals surface area contributed by atoms with Gasteiger partial charge < -0.3 is 24.5 Å². The van der Waals surface area contributed by atoms with E-state index in [0.717, 1.165) is 22.9 Å². The van der Waals surface area contributed by atoms with Crippen LogP contribution in [0.1, 0.15) is 43.7 Å². The summed E-state index contributed by atoms with van der Waals surface area (Å²) in [4.78, 5) is 59.1. The number of β-lactam (4-membered cyclic amide) rings is 1. The third kappa shape index (κ3) is 7.29. The summed E-state index contributed by atoms with van der Waals surface area (Å²) >= 11 is 2.20. The average Bonchev–Trinajstić information content (AvgIpc) is 3.58. The lowest BCUT2D eigenvalue weighted by molar-refractivity contribution is -0.162. The van der Waals surface area contributed by atoms with Gasteiger partial charge in [-0.25, -0.2) is 4.79 Å². The molecule has 5 rings (SSSR count). The van der Waals surface area contributed by atoms with Crippen LogP contribution >= 0.6 is 23.5 Å². The van der Waals surface area contributed by atoms with E-state index >= 15 is 0 Å². The Hall–Kier alpha value is -4.56. The van der Waals surface area contributed by atoms with Gasteiger partial charge in [-0.15, -0.1) is 18.3 Å². The second-order valence-corrected chi connectivity index (χ2v) is 13.3. The maximum atomic E-state index is 13.8. The van der Waals surface area contributed by atoms with Crippen molar-refractivity contribution in [2.24, 2.45) is 10.6 Å². The van der Waals surface area contributed by atoms with E-state index < -0.39 is 53.0 Å². The van der Waals surface area contributed by atoms with Gasteiger partial charge in [0, 0.05) is 12.3 Å². The molecule has 2 fully saturated rings. The lowest BCUT2D eigenvalue weighted by atomic mass is 9.87. The molecule has 12 nitrogen and oxygen atoms in total. The number of carbonyl (C=O) groups is 4. The first-order chi connectivity index (χ1) is 22.0. The normalized spacial score (nSPS) is 21.1. The number of oxime groups is 1. The summed E-state index contributed by atoms with van der Waals surface area (Å²) in [5.74, 6) is -2.00. The zero-order valence-electron chi connectivity index (χ0n) is 25.5. The number of thioether (sulfide) groups is 1. The zero-order chi connectivity index (χ0) is 32.9. The van der Waals surface area contributed by atoms with Gasteiger partial charge in [0.1, 0.15) is 28.1 Å². The maximum Gasteiger partial charge on any atom is 0.347 e. The van der Waals surface area contributed by atoms with E-state index in [1.54, 1.807) is 20.8 Å². The molecule has 240 valence electrons. The number of amides is 2. The van der Waals surface area contributed by atoms with Crippen LogP contribution in [0.25, 0.3) is 0 Å². The van der Waals surface area contributed by atoms with Crippen molar-refractivity contribution in [2.45, 2.75) is 43.9 Å². The van der Waals surface area contributed by atoms with Crippen molar-refractivity contribution in [2.75, 3.05) is 18.9 Å². The van der Waals surface area contributed by atoms with Gasteiger partial charge in [-0.3, -0.25) is 14.4 Å². The highest BCUT2D eigenvalue weighted by Gasteiger charge is 2.57. The van der Waals surface area contributed by atoms with Gasteiger partial charge in [0.05, 0.1) is 17.9 Å². The quantitative estimate of drug-likeness (QED) is 0.106. The Morgan fingerprint density at radius 3 is 2.35 bits per heavy atom. The van der Waals surface area contributed by atoms with E-state index in [1.807, 2.05) is 60.7 Å². The van der Waals surface area contributed by atoms with Crippen molar-refractivity contribution >= 4 is 53.0 Å². The molecule has 14 heteroatoms. The van der Waals surface area contributed by atoms with Crippen LogP contribution in [0.3, 0.4) is 0 Å². The predicted molar refractivity (Wildman–Crippen MR) is 172 cm³/mol. The fraction of sp³-hybridized carbons (Fsp3) is 0.344. The molecule has 2 aliphatic heterocycles. The SMILES string of the molecule is C=CC1(C(=O)OC(c2ccccc2)c2ccccc2)CS[C@@H]2C(NC(=O)C(=NOCC(=O)OC(C)(C)C)c3cnsn3)C(=O)N2C1. The van der Waals surface area contributed by atoms with Gasteiger partial charge in [-0.1, -0.05) is 71.9 Å². The Labute approximate surface area is 274 Å². The van der Waals surface area contributed by atoms with Crippen LogP contribution in [0.2, 0.25) is 0 Å². The minimum atomic E-state index is -1.16. The minimum absolute atomic E-state index is 0.0461. The average molecular weight is 664 g/mol. The van der Waals surface area contributed by atoms with Gasteiger partial charge in [-0.05, 0) is 31.9 Å². The molecule has 0 spiro atoms. The summed E-state index contributed by atoms with van der Waals surface area (Å²) in [7, 11) is 0. The third-order valence-electron chi connectivity index (χ3n) is 7.20. The summed E-state index contributed by atoms with van der Waals surface area (Å²) in [6.45, 7) is 8.57. The molecule has 2 unspecified atom stereocenters. The van der Waals surface area contributed by atoms with Crippen molar-refractivity contribution in [3.05, 3.63) is 96.3 Å². The smallest absolute Gasteiger partial charge is 0.347 e. The zero-order valence-corrected chi connectivity index (χ0v) is 27.1. The lowest BCUT2D eigenvalue weighted by Crippen LogP contribution is -2.73. The Bertz CT molecular complexity index is 1570. The maximum absolute atomic E-state index is 13.8. The van der Waals surface area contributed by atoms with Crippen LogP contribution in [-0.4, -0.2) is 79.0 Å². The van der Waals surface area contributed by atoms with Gasteiger partial charge in [0.2, 0.25) is 12.5 Å². The molecule has 0 bridgehead atoms. The number of nitrogens with one attached hydrogen (secondary N) is 1. The molecule has 1 N–H and O–H groups in total. The Morgan fingerprint density at radius 2 is 1.78 bits per heavy atom. The first-order valence-corrected chi connectivity index (χ1v) is 16.2. The second kappa shape index (κ2) is 13.8. The predicted octanol–water partition coefficient (Wildman–Crippen LogP) is 3.51. The molecular formula is C32H33N5O7S2. The van der Waals surface area contributed by atoms with E-state index in [2.05, 4.69) is 25.8 Å². The molecular weight excluding hydrogens is 631 g/mol. The Kier molecular flexibility index (Phi) is 9.87.